The Morgan fingerprint density at radius 1 is 0.436 bits per heavy atom. The van der Waals surface area contributed by atoms with Gasteiger partial charge in [0, 0.05) is 44.3 Å². The van der Waals surface area contributed by atoms with Crippen LogP contribution in [0.3, 0.4) is 0 Å². The van der Waals surface area contributed by atoms with E-state index in [0.29, 0.717) is 0 Å². The zero-order valence-electron chi connectivity index (χ0n) is 32.1. The van der Waals surface area contributed by atoms with Gasteiger partial charge in [-0.1, -0.05) is 133 Å². The number of rotatable bonds is 2. The molecule has 0 fully saturated rings. The quantitative estimate of drug-likeness (QED) is 0.167. The number of para-hydroxylation sites is 3. The smallest absolute Gasteiger partial charge is 0.252 e. The third kappa shape index (κ3) is 4.59. The molecule has 0 saturated heterocycles. The van der Waals surface area contributed by atoms with E-state index in [2.05, 4.69) is 185 Å². The van der Waals surface area contributed by atoms with E-state index in [1.807, 2.05) is 6.07 Å². The third-order valence-electron chi connectivity index (χ3n) is 12.0. The summed E-state index contributed by atoms with van der Waals surface area (Å²) in [6.45, 7) is 13.7. The lowest BCUT2D eigenvalue weighted by Gasteiger charge is -2.44. The van der Waals surface area contributed by atoms with Gasteiger partial charge in [0.2, 0.25) is 0 Å². The van der Waals surface area contributed by atoms with E-state index in [1.54, 1.807) is 0 Å². The van der Waals surface area contributed by atoms with Crippen LogP contribution in [0.2, 0.25) is 0 Å². The van der Waals surface area contributed by atoms with Crippen molar-refractivity contribution in [3.63, 3.8) is 0 Å². The minimum Gasteiger partial charge on any atom is -0.454 e. The highest BCUT2D eigenvalue weighted by Crippen LogP contribution is 2.49. The van der Waals surface area contributed by atoms with Crippen molar-refractivity contribution in [2.24, 2.45) is 0 Å². The fourth-order valence-corrected chi connectivity index (χ4v) is 9.21. The van der Waals surface area contributed by atoms with Crippen LogP contribution >= 0.6 is 0 Å². The summed E-state index contributed by atoms with van der Waals surface area (Å²) in [6.07, 6.45) is 0. The van der Waals surface area contributed by atoms with Crippen LogP contribution in [-0.4, -0.2) is 6.71 Å². The molecule has 5 heteroatoms. The van der Waals surface area contributed by atoms with Gasteiger partial charge in [0.25, 0.3) is 6.71 Å². The van der Waals surface area contributed by atoms with Gasteiger partial charge < -0.3 is 18.6 Å². The Morgan fingerprint density at radius 3 is 1.69 bits per heavy atom. The molecule has 0 bridgehead atoms. The average Bonchev–Trinajstić information content (AvgIpc) is 3.76. The SMILES string of the molecule is CC(C)(C)c1ccc(N2c3ccc(C(C)(C)C)cc3B3c4ccc5c(oc6ccccc65)c4N(c4cccc5c4oc4ccccc45)c4cccc2c43)cc1. The Kier molecular flexibility index (Phi) is 6.55. The number of fused-ring (bicyclic) bond motifs is 11. The van der Waals surface area contributed by atoms with E-state index in [4.69, 9.17) is 8.83 Å². The van der Waals surface area contributed by atoms with Crippen LogP contribution in [-0.2, 0) is 10.8 Å². The molecule has 0 atom stereocenters. The van der Waals surface area contributed by atoms with Crippen LogP contribution in [0.4, 0.5) is 34.1 Å². The van der Waals surface area contributed by atoms with Crippen LogP contribution in [0.25, 0.3) is 43.9 Å². The molecule has 2 aromatic heterocycles. The molecule has 0 unspecified atom stereocenters. The van der Waals surface area contributed by atoms with Crippen molar-refractivity contribution in [1.82, 2.24) is 0 Å². The van der Waals surface area contributed by atoms with Crippen LogP contribution in [0.15, 0.2) is 148 Å². The van der Waals surface area contributed by atoms with E-state index < -0.39 is 0 Å². The van der Waals surface area contributed by atoms with Crippen LogP contribution in [0.5, 0.6) is 0 Å². The molecule has 0 saturated carbocycles. The lowest BCUT2D eigenvalue weighted by Crippen LogP contribution is -2.61. The van der Waals surface area contributed by atoms with Crippen molar-refractivity contribution in [2.75, 3.05) is 9.80 Å². The van der Waals surface area contributed by atoms with Crippen LogP contribution < -0.4 is 26.2 Å². The largest absolute Gasteiger partial charge is 0.454 e. The molecule has 266 valence electrons. The lowest BCUT2D eigenvalue weighted by molar-refractivity contribution is 0.590. The first kappa shape index (κ1) is 32.3. The molecule has 0 spiro atoms. The van der Waals surface area contributed by atoms with Crippen molar-refractivity contribution in [3.8, 4) is 0 Å². The van der Waals surface area contributed by atoms with Gasteiger partial charge in [0.1, 0.15) is 11.2 Å². The fourth-order valence-electron chi connectivity index (χ4n) is 9.21. The minimum atomic E-state index is -0.0349. The second-order valence-electron chi connectivity index (χ2n) is 17.4. The molecule has 55 heavy (non-hydrogen) atoms. The summed E-state index contributed by atoms with van der Waals surface area (Å²) in [5.41, 5.74) is 16.7. The van der Waals surface area contributed by atoms with Crippen LogP contribution in [0, 0.1) is 0 Å². The fraction of sp³-hybridized carbons (Fsp3) is 0.160. The van der Waals surface area contributed by atoms with Crippen molar-refractivity contribution < 1.29 is 8.83 Å². The summed E-state index contributed by atoms with van der Waals surface area (Å²) < 4.78 is 13.7. The molecule has 4 heterocycles. The minimum absolute atomic E-state index is 0.0306. The molecule has 2 aliphatic heterocycles. The molecule has 0 aliphatic carbocycles. The Balaban J connectivity index is 1.27. The molecule has 4 nitrogen and oxygen atoms in total. The highest BCUT2D eigenvalue weighted by Gasteiger charge is 2.45. The third-order valence-corrected chi connectivity index (χ3v) is 12.0. The summed E-state index contributed by atoms with van der Waals surface area (Å²) in [4.78, 5) is 4.91. The average molecular weight is 713 g/mol. The van der Waals surface area contributed by atoms with E-state index in [0.717, 1.165) is 66.6 Å². The highest BCUT2D eigenvalue weighted by molar-refractivity contribution is 7.00. The number of nitrogens with zero attached hydrogens (tertiary/aromatic N) is 2. The molecule has 9 aromatic rings. The monoisotopic (exact) mass is 712 g/mol. The van der Waals surface area contributed by atoms with Crippen molar-refractivity contribution in [2.45, 2.75) is 52.4 Å². The molecule has 11 rings (SSSR count). The molecule has 2 aliphatic rings. The maximum absolute atomic E-state index is 6.94. The number of hydrogen-bond donors (Lipinski definition) is 0. The summed E-state index contributed by atoms with van der Waals surface area (Å²) in [5, 5.41) is 4.43. The first-order valence-electron chi connectivity index (χ1n) is 19.4. The van der Waals surface area contributed by atoms with Crippen LogP contribution in [0.1, 0.15) is 52.7 Å². The summed E-state index contributed by atoms with van der Waals surface area (Å²) in [6, 6.07) is 51.0. The van der Waals surface area contributed by atoms with Gasteiger partial charge >= 0.3 is 0 Å². The number of benzene rings is 7. The second-order valence-corrected chi connectivity index (χ2v) is 17.4. The Hall–Kier alpha value is -6.20. The van der Waals surface area contributed by atoms with E-state index in [-0.39, 0.29) is 17.5 Å². The summed E-state index contributed by atoms with van der Waals surface area (Å²) >= 11 is 0. The number of anilines is 6. The molecular weight excluding hydrogens is 671 g/mol. The topological polar surface area (TPSA) is 32.8 Å². The van der Waals surface area contributed by atoms with E-state index >= 15 is 0 Å². The van der Waals surface area contributed by atoms with Gasteiger partial charge in [-0.25, -0.2) is 0 Å². The number of furan rings is 2. The Labute approximate surface area is 321 Å². The second kappa shape index (κ2) is 11.2. The predicted octanol–water partition coefficient (Wildman–Crippen LogP) is 12.2. The van der Waals surface area contributed by atoms with Gasteiger partial charge in [-0.3, -0.25) is 0 Å². The van der Waals surface area contributed by atoms with Crippen molar-refractivity contribution in [3.05, 3.63) is 151 Å². The predicted molar refractivity (Wildman–Crippen MR) is 232 cm³/mol. The van der Waals surface area contributed by atoms with Gasteiger partial charge in [0.05, 0.1) is 11.4 Å². The first-order chi connectivity index (χ1) is 26.6. The van der Waals surface area contributed by atoms with E-state index in [9.17, 15) is 0 Å². The van der Waals surface area contributed by atoms with Gasteiger partial charge in [-0.15, -0.1) is 0 Å². The normalized spacial score (nSPS) is 13.9. The molecule has 0 N–H and O–H groups in total. The highest BCUT2D eigenvalue weighted by atomic mass is 16.3. The van der Waals surface area contributed by atoms with Gasteiger partial charge in [-0.2, -0.15) is 0 Å². The van der Waals surface area contributed by atoms with Gasteiger partial charge in [0.15, 0.2) is 11.2 Å². The van der Waals surface area contributed by atoms with Gasteiger partial charge in [-0.05, 0) is 86.9 Å². The zero-order valence-corrected chi connectivity index (χ0v) is 32.1. The molecular formula is C50H41BN2O2. The molecule has 7 aromatic carbocycles. The summed E-state index contributed by atoms with van der Waals surface area (Å²) in [7, 11) is 0. The summed E-state index contributed by atoms with van der Waals surface area (Å²) in [5.74, 6) is 0. The number of hydrogen-bond acceptors (Lipinski definition) is 4. The Morgan fingerprint density at radius 2 is 1.00 bits per heavy atom. The molecule has 0 radical (unpaired) electrons. The van der Waals surface area contributed by atoms with Crippen molar-refractivity contribution >= 4 is 101 Å². The lowest BCUT2D eigenvalue weighted by atomic mass is 9.33. The molecule has 0 amide bonds. The zero-order chi connectivity index (χ0) is 37.4. The maximum atomic E-state index is 6.94. The van der Waals surface area contributed by atoms with E-state index in [1.165, 1.54) is 38.9 Å². The first-order valence-corrected chi connectivity index (χ1v) is 19.4. The standard InChI is InChI=1S/C50H41BN2O2/c1-49(2,3)30-21-24-32(25-22-30)52-39-28-23-31(50(4,5)6)29-38(39)51-37-27-26-36-34-14-8-10-20-44(34)55-48(36)46(37)53(41-17-12-16-40(52)45(41)51)42-18-11-15-35-33-13-7-9-19-43(33)54-47(35)42/h7-29H,1-6H3. The maximum Gasteiger partial charge on any atom is 0.252 e. The Bertz CT molecular complexity index is 3030. The van der Waals surface area contributed by atoms with Crippen molar-refractivity contribution in [1.29, 1.82) is 0 Å².